The molecule has 0 unspecified atom stereocenters. The van der Waals surface area contributed by atoms with Gasteiger partial charge in [-0.05, 0) is 24.1 Å². The van der Waals surface area contributed by atoms with E-state index in [1.165, 1.54) is 11.8 Å². The van der Waals surface area contributed by atoms with Gasteiger partial charge in [0, 0.05) is 14.2 Å². The number of carbonyl (C=O) groups excluding carboxylic acids is 1. The van der Waals surface area contributed by atoms with E-state index in [4.69, 9.17) is 9.15 Å². The predicted octanol–water partition coefficient (Wildman–Crippen LogP) is 2.61. The summed E-state index contributed by atoms with van der Waals surface area (Å²) in [7, 11) is 3.42. The Hall–Kier alpha value is -2.07. The number of benzene rings is 1. The fourth-order valence-corrected chi connectivity index (χ4v) is 2.13. The van der Waals surface area contributed by atoms with Crippen molar-refractivity contribution in [2.75, 3.05) is 20.8 Å². The Balaban J connectivity index is 2.09. The number of carbonyl (C=O) groups is 1. The zero-order valence-electron chi connectivity index (χ0n) is 11.8. The second-order valence-electron chi connectivity index (χ2n) is 4.69. The summed E-state index contributed by atoms with van der Waals surface area (Å²) in [6, 6.07) is 13.4. The summed E-state index contributed by atoms with van der Waals surface area (Å²) >= 11 is 0. The number of hydrogen-bond donors (Lipinski definition) is 0. The number of likely N-dealkylation sites (N-methyl/N-ethyl adjacent to an activating group) is 1. The molecular weight excluding hydrogens is 254 g/mol. The van der Waals surface area contributed by atoms with Crippen molar-refractivity contribution in [3.05, 3.63) is 60.1 Å². The number of ether oxygens (including phenoxy) is 1. The second-order valence-corrected chi connectivity index (χ2v) is 4.69. The molecule has 1 aromatic heterocycles. The molecule has 0 aliphatic heterocycles. The Morgan fingerprint density at radius 1 is 1.25 bits per heavy atom. The van der Waals surface area contributed by atoms with Gasteiger partial charge in [0.25, 0.3) is 5.91 Å². The summed E-state index contributed by atoms with van der Waals surface area (Å²) < 4.78 is 10.4. The minimum Gasteiger partial charge on any atom is -0.459 e. The lowest BCUT2D eigenvalue weighted by molar-refractivity contribution is 0.0575. The van der Waals surface area contributed by atoms with Gasteiger partial charge in [-0.15, -0.1) is 0 Å². The normalized spacial score (nSPS) is 12.1. The van der Waals surface area contributed by atoms with Crippen molar-refractivity contribution in [3.8, 4) is 0 Å². The molecule has 4 heteroatoms. The molecule has 0 radical (unpaired) electrons. The number of nitrogens with zero attached hydrogens (tertiary/aromatic N) is 1. The van der Waals surface area contributed by atoms with Crippen LogP contribution in [0.25, 0.3) is 0 Å². The first kappa shape index (κ1) is 14.3. The van der Waals surface area contributed by atoms with Gasteiger partial charge >= 0.3 is 0 Å². The van der Waals surface area contributed by atoms with E-state index in [9.17, 15) is 4.79 Å². The summed E-state index contributed by atoms with van der Waals surface area (Å²) in [5.74, 6) is 0.217. The lowest BCUT2D eigenvalue weighted by atomic mass is 10.1. The van der Waals surface area contributed by atoms with Crippen LogP contribution in [0, 0.1) is 0 Å². The van der Waals surface area contributed by atoms with Gasteiger partial charge in [-0.25, -0.2) is 0 Å². The van der Waals surface area contributed by atoms with Crippen molar-refractivity contribution >= 4 is 5.91 Å². The van der Waals surface area contributed by atoms with Crippen LogP contribution in [0.1, 0.15) is 16.1 Å². The molecule has 0 aliphatic carbocycles. The maximum Gasteiger partial charge on any atom is 0.289 e. The summed E-state index contributed by atoms with van der Waals surface area (Å²) in [6.45, 7) is 0.484. The molecule has 20 heavy (non-hydrogen) atoms. The van der Waals surface area contributed by atoms with Crippen molar-refractivity contribution in [3.63, 3.8) is 0 Å². The molecule has 0 spiro atoms. The van der Waals surface area contributed by atoms with E-state index in [1.54, 1.807) is 31.2 Å². The zero-order valence-corrected chi connectivity index (χ0v) is 11.8. The molecular formula is C16H19NO3. The summed E-state index contributed by atoms with van der Waals surface area (Å²) in [5.41, 5.74) is 1.17. The van der Waals surface area contributed by atoms with E-state index in [0.717, 1.165) is 6.42 Å². The first-order valence-corrected chi connectivity index (χ1v) is 6.56. The van der Waals surface area contributed by atoms with Crippen molar-refractivity contribution in [1.29, 1.82) is 0 Å². The van der Waals surface area contributed by atoms with E-state index in [-0.39, 0.29) is 11.9 Å². The smallest absolute Gasteiger partial charge is 0.289 e. The molecule has 0 saturated carbocycles. The largest absolute Gasteiger partial charge is 0.459 e. The molecule has 106 valence electrons. The number of amides is 1. The van der Waals surface area contributed by atoms with Crippen molar-refractivity contribution in [1.82, 2.24) is 4.90 Å². The highest BCUT2D eigenvalue weighted by atomic mass is 16.5. The molecule has 0 aliphatic rings. The van der Waals surface area contributed by atoms with E-state index in [1.807, 2.05) is 30.3 Å². The Morgan fingerprint density at radius 2 is 2.00 bits per heavy atom. The van der Waals surface area contributed by atoms with Gasteiger partial charge < -0.3 is 14.1 Å². The summed E-state index contributed by atoms with van der Waals surface area (Å²) in [4.78, 5) is 14.0. The average Bonchev–Trinajstić information content (AvgIpc) is 3.00. The predicted molar refractivity (Wildman–Crippen MR) is 76.6 cm³/mol. The molecule has 0 N–H and O–H groups in total. The number of methoxy groups -OCH3 is 1. The zero-order chi connectivity index (χ0) is 14.4. The number of rotatable bonds is 6. The van der Waals surface area contributed by atoms with Gasteiger partial charge in [0.2, 0.25) is 0 Å². The van der Waals surface area contributed by atoms with Gasteiger partial charge in [-0.1, -0.05) is 30.3 Å². The molecule has 2 aromatic rings. The van der Waals surface area contributed by atoms with Crippen LogP contribution in [-0.4, -0.2) is 37.6 Å². The lowest BCUT2D eigenvalue weighted by Gasteiger charge is -2.27. The SMILES string of the molecule is COC[C@H](Cc1ccccc1)N(C)C(=O)c1ccco1. The highest BCUT2D eigenvalue weighted by molar-refractivity contribution is 5.91. The molecule has 0 bridgehead atoms. The van der Waals surface area contributed by atoms with Gasteiger partial charge in [-0.2, -0.15) is 0 Å². The maximum atomic E-state index is 12.3. The Morgan fingerprint density at radius 3 is 2.60 bits per heavy atom. The van der Waals surface area contributed by atoms with Gasteiger partial charge in [-0.3, -0.25) is 4.79 Å². The Labute approximate surface area is 119 Å². The van der Waals surface area contributed by atoms with E-state index < -0.39 is 0 Å². The van der Waals surface area contributed by atoms with Crippen LogP contribution in [0.2, 0.25) is 0 Å². The van der Waals surface area contributed by atoms with Crippen molar-refractivity contribution in [2.24, 2.45) is 0 Å². The minimum absolute atomic E-state index is 0.0278. The molecule has 0 fully saturated rings. The van der Waals surface area contributed by atoms with E-state index in [2.05, 4.69) is 0 Å². The third-order valence-corrected chi connectivity index (χ3v) is 3.27. The van der Waals surface area contributed by atoms with Gasteiger partial charge in [0.05, 0.1) is 18.9 Å². The van der Waals surface area contributed by atoms with Crippen molar-refractivity contribution in [2.45, 2.75) is 12.5 Å². The highest BCUT2D eigenvalue weighted by Gasteiger charge is 2.23. The monoisotopic (exact) mass is 273 g/mol. The molecule has 1 heterocycles. The Kier molecular flexibility index (Phi) is 4.96. The molecule has 1 aromatic carbocycles. The Bertz CT molecular complexity index is 522. The topological polar surface area (TPSA) is 42.7 Å². The third kappa shape index (κ3) is 3.48. The van der Waals surface area contributed by atoms with Crippen LogP contribution in [0.4, 0.5) is 0 Å². The van der Waals surface area contributed by atoms with Crippen LogP contribution in [-0.2, 0) is 11.2 Å². The average molecular weight is 273 g/mol. The second kappa shape index (κ2) is 6.91. The molecule has 2 rings (SSSR count). The van der Waals surface area contributed by atoms with Crippen LogP contribution in [0.15, 0.2) is 53.1 Å². The number of hydrogen-bond acceptors (Lipinski definition) is 3. The summed E-state index contributed by atoms with van der Waals surface area (Å²) in [6.07, 6.45) is 2.25. The third-order valence-electron chi connectivity index (χ3n) is 3.27. The van der Waals surface area contributed by atoms with Crippen molar-refractivity contribution < 1.29 is 13.9 Å². The number of furan rings is 1. The molecule has 0 saturated heterocycles. The van der Waals surface area contributed by atoms with E-state index in [0.29, 0.717) is 12.4 Å². The van der Waals surface area contributed by atoms with Crippen LogP contribution in [0.5, 0.6) is 0 Å². The fraction of sp³-hybridized carbons (Fsp3) is 0.312. The highest BCUT2D eigenvalue weighted by Crippen LogP contribution is 2.12. The lowest BCUT2D eigenvalue weighted by Crippen LogP contribution is -2.41. The van der Waals surface area contributed by atoms with Gasteiger partial charge in [0.15, 0.2) is 5.76 Å². The fourth-order valence-electron chi connectivity index (χ4n) is 2.13. The molecule has 1 amide bonds. The molecule has 4 nitrogen and oxygen atoms in total. The first-order valence-electron chi connectivity index (χ1n) is 6.56. The minimum atomic E-state index is -0.131. The first-order chi connectivity index (χ1) is 9.72. The van der Waals surface area contributed by atoms with E-state index >= 15 is 0 Å². The standard InChI is InChI=1S/C16H19NO3/c1-17(16(18)15-9-6-10-20-15)14(12-19-2)11-13-7-4-3-5-8-13/h3-10,14H,11-12H2,1-2H3/t14-/m0/s1. The summed E-state index contributed by atoms with van der Waals surface area (Å²) in [5, 5.41) is 0. The van der Waals surface area contributed by atoms with Crippen LogP contribution in [0.3, 0.4) is 0 Å². The van der Waals surface area contributed by atoms with Crippen LogP contribution >= 0.6 is 0 Å². The quantitative estimate of drug-likeness (QED) is 0.812. The maximum absolute atomic E-state index is 12.3. The molecule has 1 atom stereocenters. The van der Waals surface area contributed by atoms with Gasteiger partial charge in [0.1, 0.15) is 0 Å². The van der Waals surface area contributed by atoms with Crippen LogP contribution < -0.4 is 0 Å².